The first-order valence-corrected chi connectivity index (χ1v) is 21.7. The van der Waals surface area contributed by atoms with E-state index in [0.29, 0.717) is 0 Å². The monoisotopic (exact) mass is 760 g/mol. The number of rotatable bonds is 21. The van der Waals surface area contributed by atoms with E-state index in [4.69, 9.17) is 9.47 Å². The van der Waals surface area contributed by atoms with Crippen LogP contribution in [0.5, 0.6) is 11.5 Å². The number of nitrogens with zero attached hydrogens (tertiary/aromatic N) is 2. The van der Waals surface area contributed by atoms with Gasteiger partial charge in [-0.25, -0.2) is 0 Å². The van der Waals surface area contributed by atoms with E-state index in [9.17, 15) is 0 Å². The minimum atomic E-state index is 0.804. The fourth-order valence-corrected chi connectivity index (χ4v) is 6.83. The second-order valence-corrected chi connectivity index (χ2v) is 15.0. The smallest absolute Gasteiger partial charge is 0.119 e. The first-order chi connectivity index (χ1) is 28.1. The van der Waals surface area contributed by atoms with Gasteiger partial charge in [0, 0.05) is 23.5 Å². The van der Waals surface area contributed by atoms with Gasteiger partial charge in [0.1, 0.15) is 11.5 Å². The molecule has 0 aliphatic heterocycles. The Hall–Kier alpha value is -5.22. The quantitative estimate of drug-likeness (QED) is 0.0685. The van der Waals surface area contributed by atoms with Crippen molar-refractivity contribution in [3.05, 3.63) is 145 Å². The maximum atomic E-state index is 5.87. The number of hydrogen-bond acceptors (Lipinski definition) is 4. The Bertz CT molecular complexity index is 1950. The van der Waals surface area contributed by atoms with E-state index in [2.05, 4.69) is 159 Å². The van der Waals surface area contributed by atoms with Gasteiger partial charge in [-0.3, -0.25) is 9.97 Å². The third-order valence-electron chi connectivity index (χ3n) is 10.2. The van der Waals surface area contributed by atoms with Crippen molar-refractivity contribution in [2.75, 3.05) is 13.2 Å². The topological polar surface area (TPSA) is 44.2 Å². The highest BCUT2D eigenvalue weighted by atomic mass is 16.5. The zero-order valence-corrected chi connectivity index (χ0v) is 35.0. The molecule has 0 amide bonds. The molecule has 0 saturated carbocycles. The molecule has 0 aliphatic carbocycles. The number of hydrogen-bond donors (Lipinski definition) is 0. The molecule has 57 heavy (non-hydrogen) atoms. The Morgan fingerprint density at radius 1 is 0.333 bits per heavy atom. The van der Waals surface area contributed by atoms with Gasteiger partial charge >= 0.3 is 0 Å². The molecule has 0 N–H and O–H groups in total. The van der Waals surface area contributed by atoms with Crippen molar-refractivity contribution < 1.29 is 9.47 Å². The summed E-state index contributed by atoms with van der Waals surface area (Å²) in [6, 6.07) is 42.7. The van der Waals surface area contributed by atoms with Gasteiger partial charge in [-0.05, 0) is 95.5 Å². The van der Waals surface area contributed by atoms with Gasteiger partial charge in [-0.1, -0.05) is 170 Å². The van der Waals surface area contributed by atoms with Crippen molar-refractivity contribution in [2.45, 2.75) is 111 Å². The molecule has 0 aliphatic rings. The minimum Gasteiger partial charge on any atom is -0.494 e. The second kappa shape index (κ2) is 24.4. The highest BCUT2D eigenvalue weighted by molar-refractivity contribution is 5.70. The van der Waals surface area contributed by atoms with E-state index in [1.807, 2.05) is 12.4 Å². The largest absolute Gasteiger partial charge is 0.494 e. The first kappa shape index (κ1) is 42.9. The SMILES string of the molecule is CCCCCCCOc1ccc(-c2ccc(-c3ccc(CCC)cn3)cc2)cc1.CCCCCCOc1ccc(-c2ccc(-c3ccc(CCC)cn3)cc2)cc1. The van der Waals surface area contributed by atoms with Crippen molar-refractivity contribution >= 4 is 0 Å². The normalized spacial score (nSPS) is 10.8. The average molecular weight is 761 g/mol. The van der Waals surface area contributed by atoms with E-state index < -0.39 is 0 Å². The van der Waals surface area contributed by atoms with Gasteiger partial charge in [0.05, 0.1) is 24.6 Å². The van der Waals surface area contributed by atoms with E-state index in [1.165, 1.54) is 78.3 Å². The highest BCUT2D eigenvalue weighted by Crippen LogP contribution is 2.28. The van der Waals surface area contributed by atoms with E-state index in [1.54, 1.807) is 0 Å². The molecule has 0 bridgehead atoms. The molecule has 0 atom stereocenters. The minimum absolute atomic E-state index is 0.804. The average Bonchev–Trinajstić information content (AvgIpc) is 3.26. The highest BCUT2D eigenvalue weighted by Gasteiger charge is 2.05. The Labute approximate surface area is 343 Å². The van der Waals surface area contributed by atoms with Gasteiger partial charge < -0.3 is 9.47 Å². The molecule has 6 aromatic rings. The summed E-state index contributed by atoms with van der Waals surface area (Å²) in [7, 11) is 0. The molecule has 0 radical (unpaired) electrons. The van der Waals surface area contributed by atoms with Crippen LogP contribution < -0.4 is 9.47 Å². The molecular formula is C53H64N2O2. The van der Waals surface area contributed by atoms with Crippen molar-refractivity contribution in [1.82, 2.24) is 9.97 Å². The molecule has 298 valence electrons. The van der Waals surface area contributed by atoms with Gasteiger partial charge in [-0.15, -0.1) is 0 Å². The molecule has 4 aromatic carbocycles. The number of aryl methyl sites for hydroxylation is 2. The lowest BCUT2D eigenvalue weighted by molar-refractivity contribution is 0.304. The Balaban J connectivity index is 0.000000218. The van der Waals surface area contributed by atoms with Crippen LogP contribution in [0, 0.1) is 0 Å². The van der Waals surface area contributed by atoms with E-state index in [-0.39, 0.29) is 0 Å². The van der Waals surface area contributed by atoms with Crippen LogP contribution in [-0.4, -0.2) is 23.2 Å². The first-order valence-electron chi connectivity index (χ1n) is 21.7. The summed E-state index contributed by atoms with van der Waals surface area (Å²) >= 11 is 0. The Kier molecular flexibility index (Phi) is 18.4. The Morgan fingerprint density at radius 3 is 1.00 bits per heavy atom. The Morgan fingerprint density at radius 2 is 0.667 bits per heavy atom. The molecule has 0 unspecified atom stereocenters. The van der Waals surface area contributed by atoms with Crippen LogP contribution in [0.2, 0.25) is 0 Å². The number of pyridine rings is 2. The molecule has 0 fully saturated rings. The second-order valence-electron chi connectivity index (χ2n) is 15.0. The van der Waals surface area contributed by atoms with Crippen LogP contribution in [0.3, 0.4) is 0 Å². The van der Waals surface area contributed by atoms with E-state index >= 15 is 0 Å². The molecule has 0 saturated heterocycles. The number of benzene rings is 4. The van der Waals surface area contributed by atoms with Crippen molar-refractivity contribution in [3.63, 3.8) is 0 Å². The summed E-state index contributed by atoms with van der Waals surface area (Å²) in [4.78, 5) is 9.23. The molecule has 2 aromatic heterocycles. The lowest BCUT2D eigenvalue weighted by Gasteiger charge is -2.08. The zero-order valence-electron chi connectivity index (χ0n) is 35.0. The molecule has 4 nitrogen and oxygen atoms in total. The summed E-state index contributed by atoms with van der Waals surface area (Å²) in [6.45, 7) is 10.5. The van der Waals surface area contributed by atoms with Crippen molar-refractivity contribution in [3.8, 4) is 56.3 Å². The van der Waals surface area contributed by atoms with E-state index in [0.717, 1.165) is 85.8 Å². The predicted octanol–water partition coefficient (Wildman–Crippen LogP) is 15.0. The summed E-state index contributed by atoms with van der Waals surface area (Å²) in [5.74, 6) is 1.91. The fourth-order valence-electron chi connectivity index (χ4n) is 6.83. The van der Waals surface area contributed by atoms with Crippen LogP contribution in [0.4, 0.5) is 0 Å². The maximum Gasteiger partial charge on any atom is 0.119 e. The van der Waals surface area contributed by atoms with Crippen LogP contribution in [0.1, 0.15) is 109 Å². The van der Waals surface area contributed by atoms with Gasteiger partial charge in [0.2, 0.25) is 0 Å². The maximum absolute atomic E-state index is 5.87. The molecule has 6 rings (SSSR count). The van der Waals surface area contributed by atoms with Crippen LogP contribution in [-0.2, 0) is 12.8 Å². The summed E-state index contributed by atoms with van der Waals surface area (Å²) in [5.41, 5.74) is 11.8. The molecule has 4 heteroatoms. The standard InChI is InChI=1S/C27H33NO.C26H31NO/c1-3-5-6-7-8-20-29-26-17-15-24(16-18-26)23-11-13-25(14-12-23)27-19-10-22(9-4-2)21-28-27;1-3-5-6-7-19-28-25-16-14-23(15-17-25)22-10-12-24(13-11-22)26-18-9-21(8-4-2)20-27-26/h10-19,21H,3-9,20H2,1-2H3;9-18,20H,3-8,19H2,1-2H3. The predicted molar refractivity (Wildman–Crippen MR) is 242 cm³/mol. The summed E-state index contributed by atoms with van der Waals surface area (Å²) < 4.78 is 11.7. The third kappa shape index (κ3) is 14.3. The molecular weight excluding hydrogens is 697 g/mol. The summed E-state index contributed by atoms with van der Waals surface area (Å²) in [6.07, 6.45) is 19.7. The van der Waals surface area contributed by atoms with Crippen LogP contribution >= 0.6 is 0 Å². The van der Waals surface area contributed by atoms with Crippen molar-refractivity contribution in [1.29, 1.82) is 0 Å². The molecule has 0 spiro atoms. The molecule has 2 heterocycles. The number of unbranched alkanes of at least 4 members (excludes halogenated alkanes) is 7. The lowest BCUT2D eigenvalue weighted by atomic mass is 10.0. The fraction of sp³-hybridized carbons (Fsp3) is 0.358. The van der Waals surface area contributed by atoms with Gasteiger partial charge in [0.25, 0.3) is 0 Å². The van der Waals surface area contributed by atoms with Gasteiger partial charge in [-0.2, -0.15) is 0 Å². The van der Waals surface area contributed by atoms with Crippen LogP contribution in [0.25, 0.3) is 44.8 Å². The summed E-state index contributed by atoms with van der Waals surface area (Å²) in [5, 5.41) is 0. The van der Waals surface area contributed by atoms with Crippen LogP contribution in [0.15, 0.2) is 134 Å². The van der Waals surface area contributed by atoms with Gasteiger partial charge in [0.15, 0.2) is 0 Å². The van der Waals surface area contributed by atoms with Crippen molar-refractivity contribution in [2.24, 2.45) is 0 Å². The zero-order chi connectivity index (χ0) is 39.9. The number of ether oxygens (including phenoxy) is 2. The third-order valence-corrected chi connectivity index (χ3v) is 10.2. The number of aromatic nitrogens is 2. The lowest BCUT2D eigenvalue weighted by Crippen LogP contribution is -1.97.